The second kappa shape index (κ2) is 11.6. The number of piperidine rings is 2. The van der Waals surface area contributed by atoms with Crippen LogP contribution >= 0.6 is 24.0 Å². The topological polar surface area (TPSA) is 86.9 Å². The average molecular weight is 514 g/mol. The monoisotopic (exact) mass is 514 g/mol. The summed E-state index contributed by atoms with van der Waals surface area (Å²) in [6.45, 7) is 9.65. The molecule has 0 atom stereocenters. The second-order valence-electron chi connectivity index (χ2n) is 7.99. The van der Waals surface area contributed by atoms with Gasteiger partial charge in [0.1, 0.15) is 5.82 Å². The van der Waals surface area contributed by atoms with Crippen LogP contribution in [0.25, 0.3) is 0 Å². The summed E-state index contributed by atoms with van der Waals surface area (Å²) in [5, 5.41) is 3.45. The van der Waals surface area contributed by atoms with Gasteiger partial charge in [0.15, 0.2) is 5.96 Å². The quantitative estimate of drug-likeness (QED) is 0.359. The Bertz CT molecular complexity index is 682. The molecule has 3 N–H and O–H groups in total. The van der Waals surface area contributed by atoms with Crippen molar-refractivity contribution in [1.29, 1.82) is 0 Å². The normalized spacial score (nSPS) is 19.0. The van der Waals surface area contributed by atoms with E-state index >= 15 is 0 Å². The number of pyridine rings is 1. The Hall–Kier alpha value is -1.58. The van der Waals surface area contributed by atoms with Gasteiger partial charge in [0.25, 0.3) is 0 Å². The van der Waals surface area contributed by atoms with Crippen LogP contribution in [-0.2, 0) is 11.3 Å². The minimum atomic E-state index is -0.184. The van der Waals surface area contributed by atoms with E-state index in [1.165, 1.54) is 12.8 Å². The molecule has 29 heavy (non-hydrogen) atoms. The molecule has 1 aromatic heterocycles. The third-order valence-electron chi connectivity index (χ3n) is 5.88. The highest BCUT2D eigenvalue weighted by atomic mass is 127. The summed E-state index contributed by atoms with van der Waals surface area (Å²) in [6, 6.07) is 4.08. The molecule has 2 aliphatic rings. The van der Waals surface area contributed by atoms with E-state index in [0.717, 1.165) is 68.8 Å². The van der Waals surface area contributed by atoms with Gasteiger partial charge in [-0.05, 0) is 44.6 Å². The molecule has 3 heterocycles. The van der Waals surface area contributed by atoms with E-state index in [9.17, 15) is 4.79 Å². The summed E-state index contributed by atoms with van der Waals surface area (Å²) in [7, 11) is 0. The Balaban J connectivity index is 0.00000300. The molecular weight excluding hydrogens is 479 g/mol. The van der Waals surface area contributed by atoms with Crippen molar-refractivity contribution in [2.75, 3.05) is 37.6 Å². The predicted molar refractivity (Wildman–Crippen MR) is 129 cm³/mol. The summed E-state index contributed by atoms with van der Waals surface area (Å²) in [4.78, 5) is 25.6. The molecule has 2 aliphatic heterocycles. The van der Waals surface area contributed by atoms with E-state index in [-0.39, 0.29) is 35.8 Å². The third kappa shape index (κ3) is 6.45. The number of nitrogens with one attached hydrogen (secondary N) is 1. The highest BCUT2D eigenvalue weighted by molar-refractivity contribution is 14.0. The summed E-state index contributed by atoms with van der Waals surface area (Å²) in [5.41, 5.74) is 6.59. The van der Waals surface area contributed by atoms with Crippen molar-refractivity contribution in [3.05, 3.63) is 23.9 Å². The molecule has 2 saturated heterocycles. The van der Waals surface area contributed by atoms with E-state index in [2.05, 4.69) is 40.0 Å². The zero-order valence-electron chi connectivity index (χ0n) is 17.6. The Labute approximate surface area is 191 Å². The van der Waals surface area contributed by atoms with Crippen molar-refractivity contribution in [1.82, 2.24) is 15.2 Å². The number of carbonyl (C=O) groups excluding carboxylic acids is 1. The Morgan fingerprint density at radius 1 is 1.24 bits per heavy atom. The molecule has 0 radical (unpaired) electrons. The van der Waals surface area contributed by atoms with Crippen LogP contribution in [0, 0.1) is 11.8 Å². The van der Waals surface area contributed by atoms with Gasteiger partial charge in [0.2, 0.25) is 5.91 Å². The minimum Gasteiger partial charge on any atom is -0.369 e. The molecule has 8 heteroatoms. The van der Waals surface area contributed by atoms with Crippen LogP contribution in [0.3, 0.4) is 0 Å². The second-order valence-corrected chi connectivity index (χ2v) is 7.99. The van der Waals surface area contributed by atoms with Gasteiger partial charge < -0.3 is 20.9 Å². The fourth-order valence-electron chi connectivity index (χ4n) is 4.02. The number of nitrogens with zero attached hydrogens (tertiary/aromatic N) is 4. The van der Waals surface area contributed by atoms with Gasteiger partial charge in [-0.2, -0.15) is 0 Å². The maximum atomic E-state index is 11.4. The number of hydrogen-bond donors (Lipinski definition) is 2. The maximum absolute atomic E-state index is 11.4. The number of anilines is 1. The van der Waals surface area contributed by atoms with Gasteiger partial charge >= 0.3 is 0 Å². The van der Waals surface area contributed by atoms with E-state index in [1.54, 1.807) is 0 Å². The van der Waals surface area contributed by atoms with E-state index in [4.69, 9.17) is 10.7 Å². The van der Waals surface area contributed by atoms with Gasteiger partial charge in [0, 0.05) is 50.4 Å². The Morgan fingerprint density at radius 3 is 2.55 bits per heavy atom. The first-order valence-corrected chi connectivity index (χ1v) is 10.6. The largest absolute Gasteiger partial charge is 0.369 e. The third-order valence-corrected chi connectivity index (χ3v) is 5.88. The summed E-state index contributed by atoms with van der Waals surface area (Å²) < 4.78 is 0. The number of carbonyl (C=O) groups is 1. The van der Waals surface area contributed by atoms with Crippen molar-refractivity contribution in [3.63, 3.8) is 0 Å². The van der Waals surface area contributed by atoms with Crippen LogP contribution in [0.5, 0.6) is 0 Å². The molecular formula is C21H35IN6O. The van der Waals surface area contributed by atoms with Crippen LogP contribution in [0.4, 0.5) is 5.82 Å². The molecule has 0 saturated carbocycles. The van der Waals surface area contributed by atoms with Gasteiger partial charge in [-0.15, -0.1) is 24.0 Å². The lowest BCUT2D eigenvalue weighted by Gasteiger charge is -2.33. The molecule has 0 aromatic carbocycles. The van der Waals surface area contributed by atoms with Crippen LogP contribution in [-0.4, -0.2) is 54.5 Å². The van der Waals surface area contributed by atoms with Crippen LogP contribution in [0.2, 0.25) is 0 Å². The first-order valence-electron chi connectivity index (χ1n) is 10.6. The Morgan fingerprint density at radius 2 is 1.93 bits per heavy atom. The predicted octanol–water partition coefficient (Wildman–Crippen LogP) is 2.60. The molecule has 1 amide bonds. The molecule has 2 fully saturated rings. The number of amides is 1. The molecule has 1 aromatic rings. The lowest BCUT2D eigenvalue weighted by Crippen LogP contribution is -2.45. The molecule has 7 nitrogen and oxygen atoms in total. The number of likely N-dealkylation sites (tertiary alicyclic amines) is 1. The fraction of sp³-hybridized carbons (Fsp3) is 0.667. The minimum absolute atomic E-state index is 0. The molecule has 3 rings (SSSR count). The van der Waals surface area contributed by atoms with Crippen LogP contribution in [0.15, 0.2) is 23.3 Å². The molecule has 0 spiro atoms. The van der Waals surface area contributed by atoms with Crippen molar-refractivity contribution in [3.8, 4) is 0 Å². The lowest BCUT2D eigenvalue weighted by atomic mass is 9.96. The number of aliphatic imine (C=N–C) groups is 1. The van der Waals surface area contributed by atoms with E-state index < -0.39 is 0 Å². The number of rotatable bonds is 5. The van der Waals surface area contributed by atoms with Crippen molar-refractivity contribution in [2.24, 2.45) is 22.6 Å². The summed E-state index contributed by atoms with van der Waals surface area (Å²) >= 11 is 0. The molecule has 0 bridgehead atoms. The number of primary amides is 1. The first kappa shape index (κ1) is 23.7. The van der Waals surface area contributed by atoms with Crippen molar-refractivity contribution < 1.29 is 4.79 Å². The Kier molecular flexibility index (Phi) is 9.45. The number of nitrogens with two attached hydrogens (primary N) is 1. The van der Waals surface area contributed by atoms with Gasteiger partial charge in [-0.25, -0.2) is 9.98 Å². The number of hydrogen-bond acceptors (Lipinski definition) is 4. The highest BCUT2D eigenvalue weighted by Crippen LogP contribution is 2.25. The molecule has 0 unspecified atom stereocenters. The van der Waals surface area contributed by atoms with E-state index in [0.29, 0.717) is 6.54 Å². The fourth-order valence-corrected chi connectivity index (χ4v) is 4.02. The van der Waals surface area contributed by atoms with Crippen molar-refractivity contribution >= 4 is 41.7 Å². The standard InChI is InChI=1S/C21H34N6O.HI/c1-3-23-21(27-11-6-16(2)7-12-27)25-15-18-5-4-10-24-20(18)26-13-8-17(9-14-26)19(22)28;/h4-5,10,16-17H,3,6-9,11-15H2,1-2H3,(H2,22,28)(H,23,25);1H. The smallest absolute Gasteiger partial charge is 0.220 e. The molecule has 162 valence electrons. The maximum Gasteiger partial charge on any atom is 0.220 e. The van der Waals surface area contributed by atoms with Gasteiger partial charge in [0.05, 0.1) is 6.54 Å². The van der Waals surface area contributed by atoms with Crippen LogP contribution < -0.4 is 16.0 Å². The highest BCUT2D eigenvalue weighted by Gasteiger charge is 2.25. The average Bonchev–Trinajstić information content (AvgIpc) is 2.72. The van der Waals surface area contributed by atoms with Gasteiger partial charge in [-0.1, -0.05) is 13.0 Å². The SMILES string of the molecule is CCNC(=NCc1cccnc1N1CCC(C(N)=O)CC1)N1CCC(C)CC1.I. The summed E-state index contributed by atoms with van der Waals surface area (Å²) in [5.74, 6) is 2.58. The summed E-state index contributed by atoms with van der Waals surface area (Å²) in [6.07, 6.45) is 5.86. The lowest BCUT2D eigenvalue weighted by molar-refractivity contribution is -0.122. The van der Waals surface area contributed by atoms with Crippen molar-refractivity contribution in [2.45, 2.75) is 46.1 Å². The number of halogens is 1. The zero-order chi connectivity index (χ0) is 19.9. The number of guanidine groups is 1. The number of aromatic nitrogens is 1. The zero-order valence-corrected chi connectivity index (χ0v) is 20.0. The van der Waals surface area contributed by atoms with E-state index in [1.807, 2.05) is 12.3 Å². The van der Waals surface area contributed by atoms with Gasteiger partial charge in [-0.3, -0.25) is 4.79 Å². The molecule has 0 aliphatic carbocycles. The van der Waals surface area contributed by atoms with Crippen LogP contribution in [0.1, 0.15) is 45.1 Å². The first-order chi connectivity index (χ1) is 13.6.